The van der Waals surface area contributed by atoms with Crippen molar-refractivity contribution >= 4 is 18.8 Å². The first kappa shape index (κ1) is 31.2. The maximum Gasteiger partial charge on any atom is 0.220 e. The van der Waals surface area contributed by atoms with Crippen molar-refractivity contribution in [1.82, 2.24) is 5.32 Å². The van der Waals surface area contributed by atoms with Crippen LogP contribution in [0.5, 0.6) is 0 Å². The van der Waals surface area contributed by atoms with Gasteiger partial charge in [0, 0.05) is 25.0 Å². The molecular formula is C32H56NO5P. The van der Waals surface area contributed by atoms with Gasteiger partial charge >= 0.3 is 0 Å². The minimum Gasteiger partial charge on any atom is -0.393 e. The third-order valence-electron chi connectivity index (χ3n) is 12.4. The van der Waals surface area contributed by atoms with E-state index < -0.39 is 7.14 Å². The summed E-state index contributed by atoms with van der Waals surface area (Å²) in [5.41, 5.74) is 0.190. The molecule has 39 heavy (non-hydrogen) atoms. The van der Waals surface area contributed by atoms with Gasteiger partial charge in [-0.3, -0.25) is 9.59 Å². The van der Waals surface area contributed by atoms with Crippen LogP contribution in [-0.4, -0.2) is 60.1 Å². The minimum absolute atomic E-state index is 0.0150. The normalized spacial score (nSPS) is 41.6. The molecule has 4 unspecified atom stereocenters. The minimum atomic E-state index is -2.31. The van der Waals surface area contributed by atoms with Gasteiger partial charge in [-0.15, -0.1) is 0 Å². The number of ketones is 1. The Morgan fingerprint density at radius 3 is 2.38 bits per heavy atom. The molecule has 0 bridgehead atoms. The molecule has 0 heterocycles. The second-order valence-electron chi connectivity index (χ2n) is 15.1. The first-order valence-electron chi connectivity index (χ1n) is 15.8. The molecule has 224 valence electrons. The fraction of sp³-hybridized carbons (Fsp3) is 0.938. The van der Waals surface area contributed by atoms with Gasteiger partial charge in [0.15, 0.2) is 0 Å². The van der Waals surface area contributed by atoms with Crippen LogP contribution in [0.2, 0.25) is 0 Å². The Morgan fingerprint density at radius 1 is 1.00 bits per heavy atom. The summed E-state index contributed by atoms with van der Waals surface area (Å²) in [5.74, 6) is 2.96. The number of aliphatic hydroxyl groups is 2. The molecule has 1 amide bonds. The Hall–Kier alpha value is -0.710. The molecule has 0 aromatic rings. The summed E-state index contributed by atoms with van der Waals surface area (Å²) >= 11 is 0. The molecule has 4 aliphatic carbocycles. The molecule has 4 saturated carbocycles. The van der Waals surface area contributed by atoms with E-state index in [9.17, 15) is 24.4 Å². The highest BCUT2D eigenvalue weighted by atomic mass is 31.2. The average molecular weight is 566 g/mol. The van der Waals surface area contributed by atoms with Crippen molar-refractivity contribution in [2.45, 2.75) is 111 Å². The average Bonchev–Trinajstić information content (AvgIpc) is 3.21. The zero-order chi connectivity index (χ0) is 28.8. The molecule has 3 N–H and O–H groups in total. The van der Waals surface area contributed by atoms with E-state index in [1.54, 1.807) is 13.3 Å². The van der Waals surface area contributed by atoms with Crippen molar-refractivity contribution < 1.29 is 24.4 Å². The van der Waals surface area contributed by atoms with E-state index >= 15 is 0 Å². The van der Waals surface area contributed by atoms with Crippen molar-refractivity contribution in [3.63, 3.8) is 0 Å². The van der Waals surface area contributed by atoms with Crippen LogP contribution < -0.4 is 5.32 Å². The topological polar surface area (TPSA) is 104 Å². The SMILES string of the molecule is CC(=O)C(CCC(=O)NCC[C@@H](C)[C@H]1CCC2C3CC[C@@H]4C[C@H](O)CC[C@]4(C)C3C[C@H](O)[C@@]21C)CP(C)(C)=O. The lowest BCUT2D eigenvalue weighted by molar-refractivity contribution is -0.174. The standard InChI is InChI=1S/C32H56NO5P/c1-20(14-16-33-30(37)12-7-22(21(2)34)19-39(5,6)38)26-10-11-27-25-9-8-23-17-24(35)13-15-31(23,3)28(25)18-29(36)32(26,27)4/h20,22-29,35-36H,7-19H2,1-6H3,(H,33,37)/t20-,22?,23-,24-,25?,26-,27?,28?,29+,31+,32-/m1/s1. The molecule has 11 atom stereocenters. The van der Waals surface area contributed by atoms with Gasteiger partial charge in [0.2, 0.25) is 5.91 Å². The van der Waals surface area contributed by atoms with Crippen LogP contribution in [0, 0.1) is 52.3 Å². The predicted octanol–water partition coefficient (Wildman–Crippen LogP) is 5.73. The summed E-state index contributed by atoms with van der Waals surface area (Å²) in [6.45, 7) is 12.7. The molecule has 0 aliphatic heterocycles. The lowest BCUT2D eigenvalue weighted by Crippen LogP contribution is -2.58. The van der Waals surface area contributed by atoms with Crippen molar-refractivity contribution in [2.24, 2.45) is 52.3 Å². The third kappa shape index (κ3) is 6.38. The molecular weight excluding hydrogens is 509 g/mol. The number of nitrogens with one attached hydrogen (secondary N) is 1. The molecule has 0 spiro atoms. The second-order valence-corrected chi connectivity index (χ2v) is 18.6. The summed E-state index contributed by atoms with van der Waals surface area (Å²) in [5, 5.41) is 25.1. The Labute approximate surface area is 237 Å². The van der Waals surface area contributed by atoms with Gasteiger partial charge in [0.1, 0.15) is 5.78 Å². The van der Waals surface area contributed by atoms with Gasteiger partial charge in [-0.05, 0) is 131 Å². The Morgan fingerprint density at radius 2 is 1.72 bits per heavy atom. The fourth-order valence-electron chi connectivity index (χ4n) is 10.1. The van der Waals surface area contributed by atoms with Crippen LogP contribution in [0.4, 0.5) is 0 Å². The van der Waals surface area contributed by atoms with E-state index in [0.717, 1.165) is 38.5 Å². The molecule has 0 aromatic heterocycles. The van der Waals surface area contributed by atoms with Crippen molar-refractivity contribution in [3.8, 4) is 0 Å². The van der Waals surface area contributed by atoms with Gasteiger partial charge in [0.25, 0.3) is 0 Å². The monoisotopic (exact) mass is 565 g/mol. The predicted molar refractivity (Wildman–Crippen MR) is 157 cm³/mol. The van der Waals surface area contributed by atoms with E-state index in [4.69, 9.17) is 0 Å². The highest BCUT2D eigenvalue weighted by Gasteiger charge is 2.63. The summed E-state index contributed by atoms with van der Waals surface area (Å²) in [6.07, 6.45) is 10.3. The smallest absolute Gasteiger partial charge is 0.220 e. The lowest BCUT2D eigenvalue weighted by Gasteiger charge is -2.62. The van der Waals surface area contributed by atoms with Gasteiger partial charge in [-0.25, -0.2) is 0 Å². The van der Waals surface area contributed by atoms with Crippen molar-refractivity contribution in [1.29, 1.82) is 0 Å². The molecule has 7 heteroatoms. The summed E-state index contributed by atoms with van der Waals surface area (Å²) in [4.78, 5) is 24.5. The first-order valence-corrected chi connectivity index (χ1v) is 18.6. The number of hydrogen-bond donors (Lipinski definition) is 3. The number of hydrogen-bond acceptors (Lipinski definition) is 5. The largest absolute Gasteiger partial charge is 0.393 e. The quantitative estimate of drug-likeness (QED) is 0.294. The van der Waals surface area contributed by atoms with Gasteiger partial charge < -0.3 is 20.1 Å². The first-order chi connectivity index (χ1) is 18.2. The van der Waals surface area contributed by atoms with Gasteiger partial charge in [-0.2, -0.15) is 0 Å². The van der Waals surface area contributed by atoms with Crippen LogP contribution in [0.3, 0.4) is 0 Å². The lowest BCUT2D eigenvalue weighted by atomic mass is 9.43. The molecule has 0 aromatic carbocycles. The number of fused-ring (bicyclic) bond motifs is 5. The zero-order valence-electron chi connectivity index (χ0n) is 25.5. The zero-order valence-corrected chi connectivity index (χ0v) is 26.3. The highest BCUT2D eigenvalue weighted by Crippen LogP contribution is 2.68. The van der Waals surface area contributed by atoms with Crippen molar-refractivity contribution in [3.05, 3.63) is 0 Å². The van der Waals surface area contributed by atoms with E-state index in [0.29, 0.717) is 61.1 Å². The van der Waals surface area contributed by atoms with E-state index in [1.165, 1.54) is 26.2 Å². The number of aliphatic hydroxyl groups excluding tert-OH is 2. The van der Waals surface area contributed by atoms with Crippen molar-refractivity contribution in [2.75, 3.05) is 26.0 Å². The van der Waals surface area contributed by atoms with Gasteiger partial charge in [-0.1, -0.05) is 20.8 Å². The maximum absolute atomic E-state index is 12.6. The number of carbonyl (C=O) groups excluding carboxylic acids is 2. The second kappa shape index (κ2) is 11.9. The Bertz CT molecular complexity index is 949. The molecule has 4 fully saturated rings. The van der Waals surface area contributed by atoms with Gasteiger partial charge in [0.05, 0.1) is 19.3 Å². The van der Waals surface area contributed by atoms with Crippen LogP contribution in [0.25, 0.3) is 0 Å². The number of amides is 1. The molecule has 4 rings (SSSR count). The number of Topliss-reactive ketones (excluding diaryl/α,β-unsaturated/α-hetero) is 1. The number of carbonyl (C=O) groups is 2. The van der Waals surface area contributed by atoms with Crippen LogP contribution in [0.15, 0.2) is 0 Å². The molecule has 0 radical (unpaired) electrons. The summed E-state index contributed by atoms with van der Waals surface area (Å²) < 4.78 is 12.2. The summed E-state index contributed by atoms with van der Waals surface area (Å²) in [6, 6.07) is 0. The fourth-order valence-corrected chi connectivity index (χ4v) is 11.6. The Kier molecular flexibility index (Phi) is 9.51. The number of rotatable bonds is 10. The Balaban J connectivity index is 1.31. The van der Waals surface area contributed by atoms with Crippen LogP contribution in [0.1, 0.15) is 98.3 Å². The van der Waals surface area contributed by atoms with Crippen LogP contribution in [-0.2, 0) is 14.2 Å². The van der Waals surface area contributed by atoms with E-state index in [2.05, 4.69) is 26.1 Å². The molecule has 6 nitrogen and oxygen atoms in total. The third-order valence-corrected chi connectivity index (χ3v) is 13.7. The van der Waals surface area contributed by atoms with E-state index in [1.807, 2.05) is 0 Å². The van der Waals surface area contributed by atoms with E-state index in [-0.39, 0.29) is 40.6 Å². The highest BCUT2D eigenvalue weighted by molar-refractivity contribution is 7.62. The van der Waals surface area contributed by atoms with Crippen LogP contribution >= 0.6 is 7.14 Å². The molecule has 0 saturated heterocycles. The molecule has 4 aliphatic rings. The maximum atomic E-state index is 12.6. The summed E-state index contributed by atoms with van der Waals surface area (Å²) in [7, 11) is -2.31.